The number of rotatable bonds is 7. The maximum absolute atomic E-state index is 12.2. The number of hydrogen-bond donors (Lipinski definition) is 2. The summed E-state index contributed by atoms with van der Waals surface area (Å²) < 4.78 is 5.67. The second kappa shape index (κ2) is 9.20. The van der Waals surface area contributed by atoms with E-state index in [1.54, 1.807) is 24.3 Å². The number of carboxylic acids is 1. The Morgan fingerprint density at radius 2 is 1.76 bits per heavy atom. The molecule has 2 N–H and O–H groups in total. The maximum atomic E-state index is 12.2. The predicted octanol–water partition coefficient (Wildman–Crippen LogP) is 3.91. The van der Waals surface area contributed by atoms with Crippen molar-refractivity contribution in [2.75, 3.05) is 6.54 Å². The first kappa shape index (κ1) is 19.6. The molecule has 144 valence electrons. The van der Waals surface area contributed by atoms with Crippen molar-refractivity contribution in [1.29, 1.82) is 5.26 Å². The van der Waals surface area contributed by atoms with Gasteiger partial charge in [-0.05, 0) is 36.2 Å². The molecule has 29 heavy (non-hydrogen) atoms. The molecule has 0 aliphatic carbocycles. The Kier molecular flexibility index (Phi) is 6.23. The Balaban J connectivity index is 1.65. The fraction of sp³-hybridized carbons (Fsp3) is 0.0870. The summed E-state index contributed by atoms with van der Waals surface area (Å²) in [5, 5.41) is 21.0. The van der Waals surface area contributed by atoms with Crippen LogP contribution in [0.25, 0.3) is 17.4 Å². The molecule has 1 amide bonds. The number of aromatic carboxylic acids is 1. The molecule has 0 saturated carbocycles. The van der Waals surface area contributed by atoms with E-state index in [2.05, 4.69) is 5.32 Å². The van der Waals surface area contributed by atoms with Crippen LogP contribution in [0.1, 0.15) is 21.7 Å². The Bertz CT molecular complexity index is 1070. The lowest BCUT2D eigenvalue weighted by Gasteiger charge is -2.04. The van der Waals surface area contributed by atoms with Gasteiger partial charge >= 0.3 is 5.97 Å². The average molecular weight is 386 g/mol. The van der Waals surface area contributed by atoms with Gasteiger partial charge in [0.05, 0.1) is 5.56 Å². The summed E-state index contributed by atoms with van der Waals surface area (Å²) in [5.41, 5.74) is 1.92. The summed E-state index contributed by atoms with van der Waals surface area (Å²) in [5.74, 6) is -0.601. The lowest BCUT2D eigenvalue weighted by molar-refractivity contribution is -0.117. The molecular formula is C23H18N2O4. The number of hydrogen-bond acceptors (Lipinski definition) is 4. The Morgan fingerprint density at radius 1 is 1.03 bits per heavy atom. The van der Waals surface area contributed by atoms with Crippen molar-refractivity contribution in [3.63, 3.8) is 0 Å². The lowest BCUT2D eigenvalue weighted by Crippen LogP contribution is -2.26. The minimum Gasteiger partial charge on any atom is -0.478 e. The van der Waals surface area contributed by atoms with E-state index < -0.39 is 11.9 Å². The van der Waals surface area contributed by atoms with Gasteiger partial charge in [0.15, 0.2) is 0 Å². The van der Waals surface area contributed by atoms with E-state index in [0.717, 1.165) is 5.56 Å². The predicted molar refractivity (Wildman–Crippen MR) is 108 cm³/mol. The Hall–Kier alpha value is -4.11. The molecule has 6 nitrogen and oxygen atoms in total. The highest BCUT2D eigenvalue weighted by molar-refractivity contribution is 6.01. The summed E-state index contributed by atoms with van der Waals surface area (Å²) in [6.45, 7) is 0.418. The molecule has 2 aromatic carbocycles. The van der Waals surface area contributed by atoms with Crippen molar-refractivity contribution in [1.82, 2.24) is 5.32 Å². The van der Waals surface area contributed by atoms with Crippen LogP contribution >= 0.6 is 0 Å². The summed E-state index contributed by atoms with van der Waals surface area (Å²) >= 11 is 0. The highest BCUT2D eigenvalue weighted by Crippen LogP contribution is 2.24. The number of carbonyl (C=O) groups is 2. The van der Waals surface area contributed by atoms with Crippen molar-refractivity contribution < 1.29 is 19.1 Å². The number of carboxylic acid groups (broad SMARTS) is 1. The van der Waals surface area contributed by atoms with Crippen molar-refractivity contribution in [2.45, 2.75) is 6.42 Å². The standard InChI is InChI=1S/C23H18N2O4/c24-15-19(22(26)25-13-12-16-4-2-1-3-5-16)14-20-10-11-21(29-20)17-6-8-18(9-7-17)23(27)28/h1-11,14H,12-13H2,(H,25,26)(H,27,28)/b19-14-. The van der Waals surface area contributed by atoms with Gasteiger partial charge in [-0.3, -0.25) is 4.79 Å². The highest BCUT2D eigenvalue weighted by atomic mass is 16.4. The van der Waals surface area contributed by atoms with Gasteiger partial charge in [0.25, 0.3) is 5.91 Å². The van der Waals surface area contributed by atoms with E-state index in [9.17, 15) is 14.9 Å². The van der Waals surface area contributed by atoms with Crippen LogP contribution in [0.15, 0.2) is 76.7 Å². The first-order valence-corrected chi connectivity index (χ1v) is 8.94. The van der Waals surface area contributed by atoms with Crippen LogP contribution < -0.4 is 5.32 Å². The van der Waals surface area contributed by atoms with Crippen LogP contribution in [-0.4, -0.2) is 23.5 Å². The van der Waals surface area contributed by atoms with Crippen molar-refractivity contribution in [2.24, 2.45) is 0 Å². The van der Waals surface area contributed by atoms with E-state index in [0.29, 0.717) is 30.0 Å². The second-order valence-electron chi connectivity index (χ2n) is 6.25. The van der Waals surface area contributed by atoms with Gasteiger partial charge in [-0.25, -0.2) is 4.79 Å². The molecule has 0 aliphatic rings. The molecule has 0 fully saturated rings. The third-order valence-electron chi connectivity index (χ3n) is 4.24. The first-order valence-electron chi connectivity index (χ1n) is 8.94. The number of nitrogens with zero attached hydrogens (tertiary/aromatic N) is 1. The van der Waals surface area contributed by atoms with Crippen LogP contribution in [0.2, 0.25) is 0 Å². The van der Waals surface area contributed by atoms with Crippen molar-refractivity contribution in [3.05, 3.63) is 89.2 Å². The van der Waals surface area contributed by atoms with Gasteiger partial charge in [0.1, 0.15) is 23.2 Å². The fourth-order valence-corrected chi connectivity index (χ4v) is 2.71. The number of furan rings is 1. The topological polar surface area (TPSA) is 103 Å². The van der Waals surface area contributed by atoms with E-state index >= 15 is 0 Å². The van der Waals surface area contributed by atoms with Gasteiger partial charge in [0.2, 0.25) is 0 Å². The third kappa shape index (κ3) is 5.21. The van der Waals surface area contributed by atoms with Gasteiger partial charge < -0.3 is 14.8 Å². The van der Waals surface area contributed by atoms with E-state index in [1.807, 2.05) is 36.4 Å². The molecule has 0 saturated heterocycles. The molecule has 0 spiro atoms. The summed E-state index contributed by atoms with van der Waals surface area (Å²) in [6, 6.07) is 21.2. The quantitative estimate of drug-likeness (QED) is 0.473. The average Bonchev–Trinajstić information content (AvgIpc) is 3.21. The molecule has 3 aromatic rings. The molecule has 1 heterocycles. The lowest BCUT2D eigenvalue weighted by atomic mass is 10.1. The molecular weight excluding hydrogens is 368 g/mol. The van der Waals surface area contributed by atoms with E-state index in [-0.39, 0.29) is 11.1 Å². The minimum atomic E-state index is -1.00. The van der Waals surface area contributed by atoms with Gasteiger partial charge in [-0.1, -0.05) is 42.5 Å². The number of benzene rings is 2. The normalized spacial score (nSPS) is 10.9. The van der Waals surface area contributed by atoms with Crippen LogP contribution in [0.3, 0.4) is 0 Å². The summed E-state index contributed by atoms with van der Waals surface area (Å²) in [4.78, 5) is 23.2. The largest absolute Gasteiger partial charge is 0.478 e. The maximum Gasteiger partial charge on any atom is 0.335 e. The van der Waals surface area contributed by atoms with Crippen LogP contribution in [0.5, 0.6) is 0 Å². The first-order chi connectivity index (χ1) is 14.1. The number of nitrogens with one attached hydrogen (secondary N) is 1. The molecule has 0 atom stereocenters. The SMILES string of the molecule is N#C/C(=C/c1ccc(-c2ccc(C(=O)O)cc2)o1)C(=O)NCCc1ccccc1. The molecule has 3 rings (SSSR count). The zero-order valence-corrected chi connectivity index (χ0v) is 15.5. The van der Waals surface area contributed by atoms with E-state index in [4.69, 9.17) is 9.52 Å². The van der Waals surface area contributed by atoms with Crippen molar-refractivity contribution >= 4 is 18.0 Å². The zero-order chi connectivity index (χ0) is 20.6. The molecule has 0 radical (unpaired) electrons. The zero-order valence-electron chi connectivity index (χ0n) is 15.5. The third-order valence-corrected chi connectivity index (χ3v) is 4.24. The molecule has 0 bridgehead atoms. The minimum absolute atomic E-state index is 0.0554. The van der Waals surface area contributed by atoms with Gasteiger partial charge in [0, 0.05) is 18.2 Å². The monoisotopic (exact) mass is 386 g/mol. The van der Waals surface area contributed by atoms with Gasteiger partial charge in [-0.2, -0.15) is 5.26 Å². The summed E-state index contributed by atoms with van der Waals surface area (Å²) in [6.07, 6.45) is 2.05. The molecule has 0 aliphatic heterocycles. The fourth-order valence-electron chi connectivity index (χ4n) is 2.71. The van der Waals surface area contributed by atoms with Gasteiger partial charge in [-0.15, -0.1) is 0 Å². The number of nitriles is 1. The van der Waals surface area contributed by atoms with E-state index in [1.165, 1.54) is 18.2 Å². The smallest absolute Gasteiger partial charge is 0.335 e. The van der Waals surface area contributed by atoms with Crippen molar-refractivity contribution in [3.8, 4) is 17.4 Å². The van der Waals surface area contributed by atoms with Crippen LogP contribution in [0.4, 0.5) is 0 Å². The molecule has 0 unspecified atom stereocenters. The van der Waals surface area contributed by atoms with Crippen LogP contribution in [0, 0.1) is 11.3 Å². The van der Waals surface area contributed by atoms with Crippen LogP contribution in [-0.2, 0) is 11.2 Å². The number of carbonyl (C=O) groups excluding carboxylic acids is 1. The molecule has 6 heteroatoms. The summed E-state index contributed by atoms with van der Waals surface area (Å²) in [7, 11) is 0. The number of amides is 1. The second-order valence-corrected chi connectivity index (χ2v) is 6.25. The molecule has 1 aromatic heterocycles. The Labute approximate surface area is 167 Å². The Morgan fingerprint density at radius 3 is 2.41 bits per heavy atom. The highest BCUT2D eigenvalue weighted by Gasteiger charge is 2.11.